The Morgan fingerprint density at radius 3 is 2.28 bits per heavy atom. The van der Waals surface area contributed by atoms with Crippen molar-refractivity contribution in [3.05, 3.63) is 94.9 Å². The Kier molecular flexibility index (Phi) is 9.84. The van der Waals surface area contributed by atoms with Crippen molar-refractivity contribution in [3.63, 3.8) is 0 Å². The summed E-state index contributed by atoms with van der Waals surface area (Å²) in [6.07, 6.45) is 7.02. The number of nitrogens with zero attached hydrogens (tertiary/aromatic N) is 4. The van der Waals surface area contributed by atoms with Crippen LogP contribution in [0.4, 0.5) is 13.2 Å². The number of piperazine rings is 1. The lowest BCUT2D eigenvalue weighted by Crippen LogP contribution is -2.48. The minimum absolute atomic E-state index is 0.0374. The molecule has 1 amide bonds. The summed E-state index contributed by atoms with van der Waals surface area (Å²) in [4.78, 5) is 24.0. The third-order valence-electron chi connectivity index (χ3n) is 8.27. The second kappa shape index (κ2) is 13.7. The van der Waals surface area contributed by atoms with Gasteiger partial charge in [-0.25, -0.2) is 4.98 Å². The zero-order chi connectivity index (χ0) is 30.4. The van der Waals surface area contributed by atoms with E-state index in [1.807, 2.05) is 41.6 Å². The third kappa shape index (κ3) is 8.25. The number of methoxy groups -OCH3 is 1. The molecule has 3 heterocycles. The second-order valence-electron chi connectivity index (χ2n) is 11.3. The lowest BCUT2D eigenvalue weighted by Gasteiger charge is -2.35. The van der Waals surface area contributed by atoms with Crippen molar-refractivity contribution in [1.29, 1.82) is 0 Å². The summed E-state index contributed by atoms with van der Waals surface area (Å²) in [7, 11) is 1.61. The Morgan fingerprint density at radius 2 is 1.65 bits per heavy atom. The number of pyridine rings is 1. The van der Waals surface area contributed by atoms with Crippen molar-refractivity contribution < 1.29 is 22.7 Å². The number of halogens is 3. The molecular weight excluding hydrogens is 557 g/mol. The number of aromatic nitrogens is 1. The lowest BCUT2D eigenvalue weighted by molar-refractivity contribution is -0.137. The first-order chi connectivity index (χ1) is 20.7. The van der Waals surface area contributed by atoms with Crippen molar-refractivity contribution in [1.82, 2.24) is 25.0 Å². The maximum atomic E-state index is 13.3. The predicted molar refractivity (Wildman–Crippen MR) is 159 cm³/mol. The van der Waals surface area contributed by atoms with E-state index >= 15 is 0 Å². The third-order valence-corrected chi connectivity index (χ3v) is 8.27. The summed E-state index contributed by atoms with van der Waals surface area (Å²) in [6, 6.07) is 9.26. The van der Waals surface area contributed by atoms with E-state index in [0.29, 0.717) is 50.2 Å². The molecule has 1 unspecified atom stereocenters. The minimum atomic E-state index is -4.34. The number of amides is 1. The summed E-state index contributed by atoms with van der Waals surface area (Å²) in [5.74, 6) is 0.580. The van der Waals surface area contributed by atoms with Gasteiger partial charge < -0.3 is 20.7 Å². The quantitative estimate of drug-likeness (QED) is 0.481. The Bertz CT molecular complexity index is 1320. The van der Waals surface area contributed by atoms with Crippen LogP contribution in [0, 0.1) is 0 Å². The highest BCUT2D eigenvalue weighted by Gasteiger charge is 2.30. The van der Waals surface area contributed by atoms with Gasteiger partial charge >= 0.3 is 6.18 Å². The number of rotatable bonds is 8. The SMILES string of the molecule is COc1ccc(CN2CCC(N/C=C3/C=C(C(=O)N4CCN(Cc5ccc(C(F)(F)F)cc5)CC4)C=CC3N)CC2)cn1. The minimum Gasteiger partial charge on any atom is -0.481 e. The molecule has 0 spiro atoms. The van der Waals surface area contributed by atoms with Crippen molar-refractivity contribution >= 4 is 5.91 Å². The Balaban J connectivity index is 1.08. The molecule has 2 aliphatic heterocycles. The maximum absolute atomic E-state index is 13.3. The number of benzene rings is 1. The number of alkyl halides is 3. The van der Waals surface area contributed by atoms with Crippen LogP contribution in [-0.4, -0.2) is 84.1 Å². The zero-order valence-electron chi connectivity index (χ0n) is 24.4. The van der Waals surface area contributed by atoms with Crippen LogP contribution in [0.25, 0.3) is 0 Å². The van der Waals surface area contributed by atoms with Crippen LogP contribution < -0.4 is 15.8 Å². The van der Waals surface area contributed by atoms with Gasteiger partial charge in [-0.1, -0.05) is 30.4 Å². The van der Waals surface area contributed by atoms with Crippen LogP contribution in [0.15, 0.2) is 78.2 Å². The molecule has 3 N–H and O–H groups in total. The number of piperidine rings is 1. The largest absolute Gasteiger partial charge is 0.481 e. The molecule has 0 bridgehead atoms. The van der Waals surface area contributed by atoms with Gasteiger partial charge in [0.1, 0.15) is 0 Å². The van der Waals surface area contributed by atoms with E-state index in [9.17, 15) is 18.0 Å². The Hall–Kier alpha value is -3.67. The summed E-state index contributed by atoms with van der Waals surface area (Å²) >= 11 is 0. The van der Waals surface area contributed by atoms with Gasteiger partial charge in [0.25, 0.3) is 5.91 Å². The maximum Gasteiger partial charge on any atom is 0.416 e. The fraction of sp³-hybridized carbons (Fsp3) is 0.438. The van der Waals surface area contributed by atoms with E-state index in [-0.39, 0.29) is 11.9 Å². The van der Waals surface area contributed by atoms with E-state index in [1.165, 1.54) is 12.1 Å². The average Bonchev–Trinajstić information content (AvgIpc) is 3.01. The van der Waals surface area contributed by atoms with Crippen molar-refractivity contribution in [3.8, 4) is 5.88 Å². The number of nitrogens with one attached hydrogen (secondary N) is 1. The van der Waals surface area contributed by atoms with Gasteiger partial charge in [0, 0.05) is 88.5 Å². The molecule has 1 aromatic carbocycles. The standard InChI is InChI=1S/C32H39F3N6O2/c1-43-30-9-4-24(19-38-30)22-39-12-10-28(11-13-39)37-20-26-18-25(5-8-29(26)36)31(42)41-16-14-40(15-17-41)21-23-2-6-27(7-3-23)32(33,34)35/h2-9,18-20,28-29,37H,10-17,21-22,36H2,1H3/b26-20-. The van der Waals surface area contributed by atoms with E-state index in [2.05, 4.69) is 20.1 Å². The number of ether oxygens (including phenoxy) is 1. The molecule has 11 heteroatoms. The Morgan fingerprint density at radius 1 is 1.00 bits per heavy atom. The summed E-state index contributed by atoms with van der Waals surface area (Å²) < 4.78 is 43.7. The first-order valence-corrected chi connectivity index (χ1v) is 14.7. The summed E-state index contributed by atoms with van der Waals surface area (Å²) in [6.45, 7) is 5.78. The highest BCUT2D eigenvalue weighted by atomic mass is 19.4. The summed E-state index contributed by atoms with van der Waals surface area (Å²) in [5, 5.41) is 3.53. The molecule has 2 saturated heterocycles. The number of likely N-dealkylation sites (tertiary alicyclic amines) is 1. The highest BCUT2D eigenvalue weighted by molar-refractivity contribution is 5.97. The molecule has 5 rings (SSSR count). The van der Waals surface area contributed by atoms with Crippen LogP contribution in [0.2, 0.25) is 0 Å². The van der Waals surface area contributed by atoms with Gasteiger partial charge in [0.15, 0.2) is 0 Å². The predicted octanol–water partition coefficient (Wildman–Crippen LogP) is 3.71. The van der Waals surface area contributed by atoms with E-state index in [0.717, 1.165) is 61.3 Å². The molecule has 2 aromatic rings. The molecule has 43 heavy (non-hydrogen) atoms. The smallest absolute Gasteiger partial charge is 0.416 e. The van der Waals surface area contributed by atoms with Crippen LogP contribution in [-0.2, 0) is 24.1 Å². The van der Waals surface area contributed by atoms with Gasteiger partial charge in [0.2, 0.25) is 5.88 Å². The number of carbonyl (C=O) groups excluding carboxylic acids is 1. The van der Waals surface area contributed by atoms with Crippen molar-refractivity contribution in [2.45, 2.75) is 44.2 Å². The molecule has 1 aromatic heterocycles. The normalized spacial score (nSPS) is 21.6. The van der Waals surface area contributed by atoms with Gasteiger partial charge in [-0.05, 0) is 47.8 Å². The molecule has 8 nitrogen and oxygen atoms in total. The van der Waals surface area contributed by atoms with Crippen LogP contribution >= 0.6 is 0 Å². The number of carbonyl (C=O) groups is 1. The topological polar surface area (TPSA) is 87.0 Å². The molecular formula is C32H39F3N6O2. The van der Waals surface area contributed by atoms with E-state index in [4.69, 9.17) is 10.5 Å². The molecule has 0 saturated carbocycles. The molecule has 2 fully saturated rings. The lowest BCUT2D eigenvalue weighted by atomic mass is 9.97. The highest BCUT2D eigenvalue weighted by Crippen LogP contribution is 2.29. The fourth-order valence-corrected chi connectivity index (χ4v) is 5.62. The number of hydrogen-bond donors (Lipinski definition) is 2. The van der Waals surface area contributed by atoms with Crippen LogP contribution in [0.1, 0.15) is 29.5 Å². The van der Waals surface area contributed by atoms with Crippen LogP contribution in [0.3, 0.4) is 0 Å². The fourth-order valence-electron chi connectivity index (χ4n) is 5.62. The van der Waals surface area contributed by atoms with E-state index in [1.54, 1.807) is 13.2 Å². The van der Waals surface area contributed by atoms with Gasteiger partial charge in [-0.15, -0.1) is 0 Å². The Labute approximate surface area is 250 Å². The van der Waals surface area contributed by atoms with Crippen molar-refractivity contribution in [2.75, 3.05) is 46.4 Å². The first kappa shape index (κ1) is 30.8. The van der Waals surface area contributed by atoms with E-state index < -0.39 is 11.7 Å². The molecule has 0 radical (unpaired) electrons. The molecule has 1 atom stereocenters. The molecule has 3 aliphatic rings. The molecule has 1 aliphatic carbocycles. The molecule has 230 valence electrons. The average molecular weight is 597 g/mol. The van der Waals surface area contributed by atoms with Gasteiger partial charge in [-0.3, -0.25) is 14.6 Å². The van der Waals surface area contributed by atoms with Crippen molar-refractivity contribution in [2.24, 2.45) is 5.73 Å². The number of nitrogens with two attached hydrogens (primary N) is 1. The first-order valence-electron chi connectivity index (χ1n) is 14.7. The number of hydrogen-bond acceptors (Lipinski definition) is 7. The monoisotopic (exact) mass is 596 g/mol. The summed E-state index contributed by atoms with van der Waals surface area (Å²) in [5.41, 5.74) is 9.15. The van der Waals surface area contributed by atoms with Gasteiger partial charge in [-0.2, -0.15) is 13.2 Å². The second-order valence-corrected chi connectivity index (χ2v) is 11.3. The van der Waals surface area contributed by atoms with Crippen LogP contribution in [0.5, 0.6) is 5.88 Å². The van der Waals surface area contributed by atoms with Gasteiger partial charge in [0.05, 0.1) is 12.7 Å². The zero-order valence-corrected chi connectivity index (χ0v) is 24.4.